The highest BCUT2D eigenvalue weighted by atomic mass is 32.1. The maximum Gasteiger partial charge on any atom is 0.0144 e. The number of hydrogen-bond acceptors (Lipinski definition) is 2. The lowest BCUT2D eigenvalue weighted by Crippen LogP contribution is -2.38. The highest BCUT2D eigenvalue weighted by molar-refractivity contribution is 7.11. The van der Waals surface area contributed by atoms with E-state index in [1.165, 1.54) is 69.2 Å². The lowest BCUT2D eigenvalue weighted by Gasteiger charge is -2.27. The molecule has 0 saturated heterocycles. The van der Waals surface area contributed by atoms with Crippen molar-refractivity contribution in [3.8, 4) is 0 Å². The standard InChI is InChI=1S/C18H31NS/c1-3-13-19-18(15-9-7-5-6-8-10-15)14-17-12-11-16(4-2)20-17/h11-12,15,18-19H,3-10,13-14H2,1-2H3. The van der Waals surface area contributed by atoms with Crippen molar-refractivity contribution in [1.82, 2.24) is 5.32 Å². The van der Waals surface area contributed by atoms with Crippen LogP contribution in [0.1, 0.15) is 68.5 Å². The molecule has 1 fully saturated rings. The van der Waals surface area contributed by atoms with Crippen LogP contribution in [0.25, 0.3) is 0 Å². The van der Waals surface area contributed by atoms with E-state index in [1.54, 1.807) is 4.88 Å². The molecule has 20 heavy (non-hydrogen) atoms. The fourth-order valence-corrected chi connectivity index (χ4v) is 4.40. The number of aryl methyl sites for hydroxylation is 1. The molecule has 0 radical (unpaired) electrons. The number of thiophene rings is 1. The molecule has 1 atom stereocenters. The Hall–Kier alpha value is -0.340. The van der Waals surface area contributed by atoms with Crippen LogP contribution in [0.3, 0.4) is 0 Å². The van der Waals surface area contributed by atoms with Gasteiger partial charge >= 0.3 is 0 Å². The first-order valence-electron chi connectivity index (χ1n) is 8.64. The zero-order valence-electron chi connectivity index (χ0n) is 13.3. The van der Waals surface area contributed by atoms with Crippen molar-refractivity contribution < 1.29 is 0 Å². The van der Waals surface area contributed by atoms with E-state index in [1.807, 2.05) is 11.3 Å². The molecule has 0 aromatic carbocycles. The first kappa shape index (κ1) is 16.0. The van der Waals surface area contributed by atoms with Crippen LogP contribution in [0.4, 0.5) is 0 Å². The second-order valence-electron chi connectivity index (χ2n) is 6.24. The topological polar surface area (TPSA) is 12.0 Å². The van der Waals surface area contributed by atoms with Gasteiger partial charge in [0.1, 0.15) is 0 Å². The van der Waals surface area contributed by atoms with Crippen molar-refractivity contribution in [2.24, 2.45) is 5.92 Å². The molecule has 1 aromatic rings. The average molecular weight is 294 g/mol. The molecule has 0 bridgehead atoms. The lowest BCUT2D eigenvalue weighted by molar-refractivity contribution is 0.318. The van der Waals surface area contributed by atoms with E-state index < -0.39 is 0 Å². The van der Waals surface area contributed by atoms with E-state index in [0.29, 0.717) is 6.04 Å². The van der Waals surface area contributed by atoms with Crippen molar-refractivity contribution in [2.45, 2.75) is 77.7 Å². The van der Waals surface area contributed by atoms with Gasteiger partial charge in [0.25, 0.3) is 0 Å². The summed E-state index contributed by atoms with van der Waals surface area (Å²) in [6.45, 7) is 5.71. The highest BCUT2D eigenvalue weighted by Gasteiger charge is 2.22. The summed E-state index contributed by atoms with van der Waals surface area (Å²) in [5, 5.41) is 3.85. The van der Waals surface area contributed by atoms with E-state index in [9.17, 15) is 0 Å². The van der Waals surface area contributed by atoms with E-state index >= 15 is 0 Å². The monoisotopic (exact) mass is 293 g/mol. The van der Waals surface area contributed by atoms with Crippen LogP contribution in [0.15, 0.2) is 12.1 Å². The fourth-order valence-electron chi connectivity index (χ4n) is 3.39. The molecule has 0 aliphatic heterocycles. The Bertz CT molecular complexity index is 363. The maximum atomic E-state index is 3.85. The summed E-state index contributed by atoms with van der Waals surface area (Å²) in [6.07, 6.45) is 12.3. The first-order valence-corrected chi connectivity index (χ1v) is 9.46. The van der Waals surface area contributed by atoms with Gasteiger partial charge in [-0.25, -0.2) is 0 Å². The van der Waals surface area contributed by atoms with Gasteiger partial charge in [0.15, 0.2) is 0 Å². The van der Waals surface area contributed by atoms with Crippen molar-refractivity contribution in [1.29, 1.82) is 0 Å². The van der Waals surface area contributed by atoms with E-state index in [4.69, 9.17) is 0 Å². The largest absolute Gasteiger partial charge is 0.313 e. The minimum Gasteiger partial charge on any atom is -0.313 e. The van der Waals surface area contributed by atoms with Crippen LogP contribution in [0.2, 0.25) is 0 Å². The minimum atomic E-state index is 0.705. The van der Waals surface area contributed by atoms with Crippen molar-refractivity contribution in [2.75, 3.05) is 6.54 Å². The predicted molar refractivity (Wildman–Crippen MR) is 90.7 cm³/mol. The Labute approximate surface area is 129 Å². The van der Waals surface area contributed by atoms with Crippen molar-refractivity contribution in [3.05, 3.63) is 21.9 Å². The predicted octanol–water partition coefficient (Wildman–Crippen LogP) is 5.19. The molecular formula is C18H31NS. The van der Waals surface area contributed by atoms with Gasteiger partial charge in [0.2, 0.25) is 0 Å². The molecular weight excluding hydrogens is 262 g/mol. The van der Waals surface area contributed by atoms with Crippen LogP contribution >= 0.6 is 11.3 Å². The fraction of sp³-hybridized carbons (Fsp3) is 0.778. The van der Waals surface area contributed by atoms with Gasteiger partial charge in [-0.15, -0.1) is 11.3 Å². The Kier molecular flexibility index (Phi) is 7.09. The molecule has 2 rings (SSSR count). The van der Waals surface area contributed by atoms with Gasteiger partial charge in [-0.3, -0.25) is 0 Å². The van der Waals surface area contributed by atoms with Crippen LogP contribution in [0.5, 0.6) is 0 Å². The number of nitrogens with one attached hydrogen (secondary N) is 1. The molecule has 1 N–H and O–H groups in total. The summed E-state index contributed by atoms with van der Waals surface area (Å²) in [5.74, 6) is 0.899. The number of hydrogen-bond donors (Lipinski definition) is 1. The summed E-state index contributed by atoms with van der Waals surface area (Å²) in [4.78, 5) is 3.12. The van der Waals surface area contributed by atoms with Gasteiger partial charge in [-0.1, -0.05) is 39.5 Å². The molecule has 2 heteroatoms. The quantitative estimate of drug-likeness (QED) is 0.682. The average Bonchev–Trinajstić information content (AvgIpc) is 2.75. The second-order valence-corrected chi connectivity index (χ2v) is 7.49. The molecule has 1 unspecified atom stereocenters. The molecule has 1 nitrogen and oxygen atoms in total. The third kappa shape index (κ3) is 4.89. The van der Waals surface area contributed by atoms with Crippen LogP contribution < -0.4 is 5.32 Å². The Morgan fingerprint density at radius 2 is 1.80 bits per heavy atom. The van der Waals surface area contributed by atoms with E-state index in [-0.39, 0.29) is 0 Å². The summed E-state index contributed by atoms with van der Waals surface area (Å²) in [7, 11) is 0. The molecule has 1 aromatic heterocycles. The second kappa shape index (κ2) is 8.84. The number of rotatable bonds is 7. The maximum absolute atomic E-state index is 3.85. The summed E-state index contributed by atoms with van der Waals surface area (Å²) in [5.41, 5.74) is 0. The van der Waals surface area contributed by atoms with Crippen LogP contribution in [-0.4, -0.2) is 12.6 Å². The molecule has 1 saturated carbocycles. The van der Waals surface area contributed by atoms with Gasteiger partial charge in [-0.2, -0.15) is 0 Å². The summed E-state index contributed by atoms with van der Waals surface area (Å²) >= 11 is 2.02. The molecule has 0 amide bonds. The smallest absolute Gasteiger partial charge is 0.0144 e. The third-order valence-electron chi connectivity index (χ3n) is 4.61. The molecule has 1 heterocycles. The Balaban J connectivity index is 1.97. The van der Waals surface area contributed by atoms with Crippen molar-refractivity contribution >= 4 is 11.3 Å². The summed E-state index contributed by atoms with van der Waals surface area (Å²) in [6, 6.07) is 5.39. The normalized spacial score (nSPS) is 18.9. The van der Waals surface area contributed by atoms with E-state index in [2.05, 4.69) is 31.3 Å². The van der Waals surface area contributed by atoms with Crippen LogP contribution in [-0.2, 0) is 12.8 Å². The van der Waals surface area contributed by atoms with Gasteiger partial charge in [0.05, 0.1) is 0 Å². The molecule has 0 spiro atoms. The highest BCUT2D eigenvalue weighted by Crippen LogP contribution is 2.28. The first-order chi connectivity index (χ1) is 9.83. The Morgan fingerprint density at radius 1 is 1.10 bits per heavy atom. The Morgan fingerprint density at radius 3 is 2.40 bits per heavy atom. The van der Waals surface area contributed by atoms with Crippen LogP contribution in [0, 0.1) is 5.92 Å². The van der Waals surface area contributed by atoms with E-state index in [0.717, 1.165) is 5.92 Å². The SMILES string of the molecule is CCCNC(Cc1ccc(CC)s1)C1CCCCCC1. The lowest BCUT2D eigenvalue weighted by atomic mass is 9.89. The van der Waals surface area contributed by atoms with Gasteiger partial charge < -0.3 is 5.32 Å². The molecule has 1 aliphatic rings. The summed E-state index contributed by atoms with van der Waals surface area (Å²) < 4.78 is 0. The minimum absolute atomic E-state index is 0.705. The zero-order valence-corrected chi connectivity index (χ0v) is 14.1. The van der Waals surface area contributed by atoms with Gasteiger partial charge in [0, 0.05) is 15.8 Å². The molecule has 114 valence electrons. The third-order valence-corrected chi connectivity index (χ3v) is 5.86. The van der Waals surface area contributed by atoms with Crippen molar-refractivity contribution in [3.63, 3.8) is 0 Å². The molecule has 1 aliphatic carbocycles. The van der Waals surface area contributed by atoms with Gasteiger partial charge in [-0.05, 0) is 56.7 Å². The zero-order chi connectivity index (χ0) is 14.2.